The average molecular weight is 353 g/mol. The van der Waals surface area contributed by atoms with Gasteiger partial charge in [0.15, 0.2) is 6.29 Å². The number of ether oxygens (including phenoxy) is 1. The van der Waals surface area contributed by atoms with Crippen LogP contribution in [0.5, 0.6) is 5.75 Å². The van der Waals surface area contributed by atoms with Crippen molar-refractivity contribution < 1.29 is 9.53 Å². The molecule has 1 N–H and O–H groups in total. The second-order valence-corrected chi connectivity index (χ2v) is 7.51. The molecule has 1 fully saturated rings. The van der Waals surface area contributed by atoms with Gasteiger partial charge in [0.2, 0.25) is 0 Å². The minimum absolute atomic E-state index is 0.372. The summed E-state index contributed by atoms with van der Waals surface area (Å²) in [5.74, 6) is 0.572. The molecule has 1 unspecified atom stereocenters. The Hall–Kier alpha value is -2.14. The lowest BCUT2D eigenvalue weighted by Crippen LogP contribution is -2.47. The number of carbonyl (C=O) groups excluding carboxylic acids is 1. The van der Waals surface area contributed by atoms with Crippen LogP contribution in [-0.4, -0.2) is 35.0 Å². The van der Waals surface area contributed by atoms with Gasteiger partial charge in [-0.1, -0.05) is 0 Å². The number of hydrogen-bond acceptors (Lipinski definition) is 5. The zero-order valence-corrected chi connectivity index (χ0v) is 15.4. The Balaban J connectivity index is 1.56. The highest BCUT2D eigenvalue weighted by molar-refractivity contribution is 5.76. The lowest BCUT2D eigenvalue weighted by atomic mass is 9.87. The SMILES string of the molecule is CC1C=C(C2=C(COc3cccnc3C=O)CCCC2)N(C2CCC2)N1. The van der Waals surface area contributed by atoms with Crippen molar-refractivity contribution in [1.82, 2.24) is 15.4 Å². The van der Waals surface area contributed by atoms with Gasteiger partial charge in [-0.05, 0) is 81.2 Å². The number of hydrogen-bond donors (Lipinski definition) is 1. The third kappa shape index (κ3) is 3.40. The first kappa shape index (κ1) is 17.3. The first-order valence-electron chi connectivity index (χ1n) is 9.77. The maximum absolute atomic E-state index is 11.2. The number of carbonyl (C=O) groups is 1. The van der Waals surface area contributed by atoms with E-state index >= 15 is 0 Å². The maximum atomic E-state index is 11.2. The molecule has 5 heteroatoms. The first-order valence-corrected chi connectivity index (χ1v) is 9.77. The summed E-state index contributed by atoms with van der Waals surface area (Å²) in [5.41, 5.74) is 8.17. The van der Waals surface area contributed by atoms with E-state index in [0.29, 0.717) is 30.1 Å². The van der Waals surface area contributed by atoms with Crippen molar-refractivity contribution in [3.8, 4) is 5.75 Å². The van der Waals surface area contributed by atoms with Crippen molar-refractivity contribution in [2.24, 2.45) is 0 Å². The molecule has 1 atom stereocenters. The van der Waals surface area contributed by atoms with Gasteiger partial charge in [0, 0.05) is 18.3 Å². The molecule has 0 saturated heterocycles. The van der Waals surface area contributed by atoms with Gasteiger partial charge in [-0.2, -0.15) is 0 Å². The fourth-order valence-corrected chi connectivity index (χ4v) is 4.05. The standard InChI is InChI=1S/C21H27N3O2/c1-15-12-20(24(23-15)17-7-4-8-17)18-9-3-2-6-16(18)14-26-21-10-5-11-22-19(21)13-25/h5,10-13,15,17,23H,2-4,6-9,14H2,1H3. The van der Waals surface area contributed by atoms with E-state index in [2.05, 4.69) is 28.4 Å². The topological polar surface area (TPSA) is 54.5 Å². The van der Waals surface area contributed by atoms with Gasteiger partial charge in [0.25, 0.3) is 0 Å². The summed E-state index contributed by atoms with van der Waals surface area (Å²) < 4.78 is 6.00. The van der Waals surface area contributed by atoms with Crippen molar-refractivity contribution in [3.05, 3.63) is 46.9 Å². The highest BCUT2D eigenvalue weighted by Crippen LogP contribution is 2.37. The molecule has 138 valence electrons. The molecule has 2 heterocycles. The monoisotopic (exact) mass is 353 g/mol. The fourth-order valence-electron chi connectivity index (χ4n) is 4.05. The molecule has 1 aliphatic heterocycles. The Morgan fingerprint density at radius 2 is 2.15 bits per heavy atom. The molecule has 5 nitrogen and oxygen atoms in total. The summed E-state index contributed by atoms with van der Waals surface area (Å²) in [6.07, 6.45) is 13.2. The summed E-state index contributed by atoms with van der Waals surface area (Å²) in [6.45, 7) is 2.75. The Kier molecular flexibility index (Phi) is 5.07. The normalized spacial score (nSPS) is 23.7. The molecule has 26 heavy (non-hydrogen) atoms. The molecule has 4 rings (SSSR count). The fraction of sp³-hybridized carbons (Fsp3) is 0.524. The van der Waals surface area contributed by atoms with Crippen LogP contribution in [0.4, 0.5) is 0 Å². The van der Waals surface area contributed by atoms with E-state index in [1.54, 1.807) is 6.20 Å². The number of aldehydes is 1. The molecule has 0 amide bonds. The molecule has 3 aliphatic rings. The smallest absolute Gasteiger partial charge is 0.172 e. The van der Waals surface area contributed by atoms with E-state index in [1.807, 2.05) is 12.1 Å². The number of hydrazine groups is 1. The molecule has 0 bridgehead atoms. The lowest BCUT2D eigenvalue weighted by molar-refractivity contribution is 0.111. The van der Waals surface area contributed by atoms with Crippen LogP contribution in [0, 0.1) is 0 Å². The Morgan fingerprint density at radius 3 is 2.92 bits per heavy atom. The van der Waals surface area contributed by atoms with E-state index in [0.717, 1.165) is 19.1 Å². The van der Waals surface area contributed by atoms with Crippen molar-refractivity contribution in [2.75, 3.05) is 6.61 Å². The predicted octanol–water partition coefficient (Wildman–Crippen LogP) is 3.79. The van der Waals surface area contributed by atoms with Gasteiger partial charge in [-0.15, -0.1) is 0 Å². The van der Waals surface area contributed by atoms with Crippen molar-refractivity contribution in [3.63, 3.8) is 0 Å². The van der Waals surface area contributed by atoms with Gasteiger partial charge >= 0.3 is 0 Å². The number of aromatic nitrogens is 1. The minimum atomic E-state index is 0.372. The van der Waals surface area contributed by atoms with E-state index in [4.69, 9.17) is 4.74 Å². The van der Waals surface area contributed by atoms with Gasteiger partial charge in [-0.3, -0.25) is 4.79 Å². The van der Waals surface area contributed by atoms with E-state index in [1.165, 1.54) is 48.9 Å². The lowest BCUT2D eigenvalue weighted by Gasteiger charge is -2.39. The van der Waals surface area contributed by atoms with Crippen LogP contribution < -0.4 is 10.2 Å². The predicted molar refractivity (Wildman–Crippen MR) is 101 cm³/mol. The van der Waals surface area contributed by atoms with Crippen LogP contribution in [0.25, 0.3) is 0 Å². The summed E-state index contributed by atoms with van der Waals surface area (Å²) in [4.78, 5) is 15.2. The van der Waals surface area contributed by atoms with Gasteiger partial charge in [0.1, 0.15) is 18.1 Å². The average Bonchev–Trinajstić information content (AvgIpc) is 3.00. The number of pyridine rings is 1. The number of nitrogens with one attached hydrogen (secondary N) is 1. The third-order valence-corrected chi connectivity index (χ3v) is 5.65. The summed E-state index contributed by atoms with van der Waals surface area (Å²) in [7, 11) is 0. The summed E-state index contributed by atoms with van der Waals surface area (Å²) in [5, 5.41) is 2.41. The largest absolute Gasteiger partial charge is 0.487 e. The zero-order valence-electron chi connectivity index (χ0n) is 15.4. The van der Waals surface area contributed by atoms with Crippen molar-refractivity contribution >= 4 is 6.29 Å². The van der Waals surface area contributed by atoms with E-state index in [9.17, 15) is 4.79 Å². The molecule has 0 radical (unpaired) electrons. The minimum Gasteiger partial charge on any atom is -0.487 e. The van der Waals surface area contributed by atoms with Crippen LogP contribution in [0.1, 0.15) is 62.4 Å². The quantitative estimate of drug-likeness (QED) is 0.789. The van der Waals surface area contributed by atoms with Crippen LogP contribution in [0.15, 0.2) is 41.2 Å². The molecule has 2 aliphatic carbocycles. The first-order chi connectivity index (χ1) is 12.8. The Bertz CT molecular complexity index is 737. The zero-order chi connectivity index (χ0) is 17.9. The van der Waals surface area contributed by atoms with Gasteiger partial charge in [-0.25, -0.2) is 10.4 Å². The molecule has 0 aromatic carbocycles. The molecular weight excluding hydrogens is 326 g/mol. The van der Waals surface area contributed by atoms with Crippen LogP contribution in [0.3, 0.4) is 0 Å². The second-order valence-electron chi connectivity index (χ2n) is 7.51. The maximum Gasteiger partial charge on any atom is 0.172 e. The van der Waals surface area contributed by atoms with E-state index in [-0.39, 0.29) is 0 Å². The number of rotatable bonds is 6. The Labute approximate surface area is 155 Å². The van der Waals surface area contributed by atoms with Crippen LogP contribution in [-0.2, 0) is 0 Å². The van der Waals surface area contributed by atoms with Crippen LogP contribution >= 0.6 is 0 Å². The molecule has 1 aromatic heterocycles. The second kappa shape index (κ2) is 7.62. The molecule has 1 saturated carbocycles. The third-order valence-electron chi connectivity index (χ3n) is 5.65. The molecular formula is C21H27N3O2. The molecule has 1 aromatic rings. The number of allylic oxidation sites excluding steroid dienone is 1. The van der Waals surface area contributed by atoms with Gasteiger partial charge in [0.05, 0.1) is 5.70 Å². The Morgan fingerprint density at radius 1 is 1.31 bits per heavy atom. The van der Waals surface area contributed by atoms with Gasteiger partial charge < -0.3 is 9.75 Å². The molecule has 0 spiro atoms. The van der Waals surface area contributed by atoms with Crippen LogP contribution in [0.2, 0.25) is 0 Å². The number of nitrogens with zero attached hydrogens (tertiary/aromatic N) is 2. The highest BCUT2D eigenvalue weighted by atomic mass is 16.5. The highest BCUT2D eigenvalue weighted by Gasteiger charge is 2.33. The van der Waals surface area contributed by atoms with Crippen molar-refractivity contribution in [1.29, 1.82) is 0 Å². The van der Waals surface area contributed by atoms with E-state index < -0.39 is 0 Å². The summed E-state index contributed by atoms with van der Waals surface area (Å²) in [6, 6.07) is 4.63. The summed E-state index contributed by atoms with van der Waals surface area (Å²) >= 11 is 0. The van der Waals surface area contributed by atoms with Crippen molar-refractivity contribution in [2.45, 2.75) is 64.0 Å².